The van der Waals surface area contributed by atoms with Crippen LogP contribution in [0.5, 0.6) is 17.2 Å². The van der Waals surface area contributed by atoms with Crippen LogP contribution >= 0.6 is 0 Å². The zero-order valence-electron chi connectivity index (χ0n) is 12.4. The summed E-state index contributed by atoms with van der Waals surface area (Å²) in [5.74, 6) is 2.20. The molecule has 0 aromatic heterocycles. The van der Waals surface area contributed by atoms with Gasteiger partial charge in [0.25, 0.3) is 0 Å². The Hall–Kier alpha value is -2.20. The largest absolute Gasteiger partial charge is 0.496 e. The summed E-state index contributed by atoms with van der Waals surface area (Å²) in [6, 6.07) is 15.0. The van der Waals surface area contributed by atoms with E-state index in [0.717, 1.165) is 17.1 Å². The second-order valence-electron chi connectivity index (χ2n) is 4.54. The predicted octanol–water partition coefficient (Wildman–Crippen LogP) is 3.17. The Morgan fingerprint density at radius 3 is 2.10 bits per heavy atom. The van der Waals surface area contributed by atoms with Crippen molar-refractivity contribution < 1.29 is 14.2 Å². The summed E-state index contributed by atoms with van der Waals surface area (Å²) in [5, 5.41) is 0. The zero-order chi connectivity index (χ0) is 15.1. The average molecular weight is 287 g/mol. The first-order valence-corrected chi connectivity index (χ1v) is 6.99. The molecule has 0 fully saturated rings. The van der Waals surface area contributed by atoms with Crippen molar-refractivity contribution in [1.82, 2.24) is 0 Å². The van der Waals surface area contributed by atoms with Crippen molar-refractivity contribution in [3.05, 3.63) is 54.1 Å². The molecule has 0 saturated heterocycles. The van der Waals surface area contributed by atoms with Crippen LogP contribution in [0.4, 0.5) is 0 Å². The lowest BCUT2D eigenvalue weighted by molar-refractivity contribution is 0.259. The van der Waals surface area contributed by atoms with Gasteiger partial charge in [0.15, 0.2) is 11.5 Å². The minimum Gasteiger partial charge on any atom is -0.496 e. The van der Waals surface area contributed by atoms with E-state index in [0.29, 0.717) is 19.0 Å². The molecule has 0 amide bonds. The second-order valence-corrected chi connectivity index (χ2v) is 4.54. The molecule has 21 heavy (non-hydrogen) atoms. The van der Waals surface area contributed by atoms with Gasteiger partial charge in [-0.3, -0.25) is 0 Å². The first-order chi connectivity index (χ1) is 10.3. The van der Waals surface area contributed by atoms with E-state index in [2.05, 4.69) is 0 Å². The highest BCUT2D eigenvalue weighted by molar-refractivity contribution is 5.40. The Morgan fingerprint density at radius 1 is 0.905 bits per heavy atom. The molecule has 4 nitrogen and oxygen atoms in total. The summed E-state index contributed by atoms with van der Waals surface area (Å²) in [4.78, 5) is 0. The topological polar surface area (TPSA) is 53.7 Å². The van der Waals surface area contributed by atoms with Gasteiger partial charge >= 0.3 is 0 Å². The first-order valence-electron chi connectivity index (χ1n) is 6.99. The van der Waals surface area contributed by atoms with E-state index in [1.54, 1.807) is 7.11 Å². The Balaban J connectivity index is 2.06. The van der Waals surface area contributed by atoms with Crippen LogP contribution in [-0.4, -0.2) is 20.3 Å². The van der Waals surface area contributed by atoms with Crippen molar-refractivity contribution in [2.45, 2.75) is 13.0 Å². The SMILES string of the molecule is CCOc1ccccc1OCC(N)c1ccccc1OC. The lowest BCUT2D eigenvalue weighted by Crippen LogP contribution is -2.20. The van der Waals surface area contributed by atoms with Gasteiger partial charge in [-0.2, -0.15) is 0 Å². The van der Waals surface area contributed by atoms with Crippen LogP contribution in [0, 0.1) is 0 Å². The smallest absolute Gasteiger partial charge is 0.161 e. The summed E-state index contributed by atoms with van der Waals surface area (Å²) in [6.07, 6.45) is 0. The van der Waals surface area contributed by atoms with Crippen molar-refractivity contribution in [3.8, 4) is 17.2 Å². The lowest BCUT2D eigenvalue weighted by Gasteiger charge is -2.17. The molecular weight excluding hydrogens is 266 g/mol. The second kappa shape index (κ2) is 7.55. The standard InChI is InChI=1S/C17H21NO3/c1-3-20-16-10-6-7-11-17(16)21-12-14(18)13-8-4-5-9-15(13)19-2/h4-11,14H,3,12,18H2,1-2H3. The minimum atomic E-state index is -0.268. The van der Waals surface area contributed by atoms with Crippen LogP contribution in [0.1, 0.15) is 18.5 Å². The number of rotatable bonds is 7. The van der Waals surface area contributed by atoms with Gasteiger partial charge in [0, 0.05) is 5.56 Å². The van der Waals surface area contributed by atoms with Gasteiger partial charge in [0.1, 0.15) is 12.4 Å². The van der Waals surface area contributed by atoms with Crippen molar-refractivity contribution in [1.29, 1.82) is 0 Å². The van der Waals surface area contributed by atoms with Crippen molar-refractivity contribution in [2.24, 2.45) is 5.73 Å². The highest BCUT2D eigenvalue weighted by atomic mass is 16.5. The number of nitrogens with two attached hydrogens (primary N) is 1. The van der Waals surface area contributed by atoms with Crippen molar-refractivity contribution in [3.63, 3.8) is 0 Å². The van der Waals surface area contributed by atoms with Gasteiger partial charge in [0.05, 0.1) is 19.8 Å². The number of ether oxygens (including phenoxy) is 3. The van der Waals surface area contributed by atoms with Crippen LogP contribution in [-0.2, 0) is 0 Å². The van der Waals surface area contributed by atoms with Gasteiger partial charge < -0.3 is 19.9 Å². The van der Waals surface area contributed by atoms with Gasteiger partial charge in [-0.05, 0) is 25.1 Å². The molecular formula is C17H21NO3. The quantitative estimate of drug-likeness (QED) is 0.850. The van der Waals surface area contributed by atoms with Crippen molar-refractivity contribution in [2.75, 3.05) is 20.3 Å². The molecule has 2 N–H and O–H groups in total. The molecule has 0 saturated carbocycles. The van der Waals surface area contributed by atoms with E-state index in [1.807, 2.05) is 55.5 Å². The number of hydrogen-bond donors (Lipinski definition) is 1. The minimum absolute atomic E-state index is 0.268. The van der Waals surface area contributed by atoms with E-state index >= 15 is 0 Å². The van der Waals surface area contributed by atoms with Gasteiger partial charge in [0.2, 0.25) is 0 Å². The van der Waals surface area contributed by atoms with E-state index < -0.39 is 0 Å². The van der Waals surface area contributed by atoms with Crippen LogP contribution in [0.25, 0.3) is 0 Å². The maximum absolute atomic E-state index is 6.20. The summed E-state index contributed by atoms with van der Waals surface area (Å²) in [6.45, 7) is 2.89. The third-order valence-electron chi connectivity index (χ3n) is 3.11. The lowest BCUT2D eigenvalue weighted by atomic mass is 10.1. The highest BCUT2D eigenvalue weighted by Gasteiger charge is 2.13. The molecule has 2 aromatic rings. The molecule has 0 aliphatic heterocycles. The molecule has 0 heterocycles. The van der Waals surface area contributed by atoms with Crippen molar-refractivity contribution >= 4 is 0 Å². The molecule has 112 valence electrons. The monoisotopic (exact) mass is 287 g/mol. The fraction of sp³-hybridized carbons (Fsp3) is 0.294. The van der Waals surface area contributed by atoms with E-state index in [4.69, 9.17) is 19.9 Å². The van der Waals surface area contributed by atoms with Gasteiger partial charge in [-0.25, -0.2) is 0 Å². The Kier molecular flexibility index (Phi) is 5.46. The molecule has 0 aliphatic rings. The number of benzene rings is 2. The molecule has 1 unspecified atom stereocenters. The summed E-state index contributed by atoms with van der Waals surface area (Å²) >= 11 is 0. The normalized spacial score (nSPS) is 11.8. The fourth-order valence-electron chi connectivity index (χ4n) is 2.09. The maximum Gasteiger partial charge on any atom is 0.161 e. The van der Waals surface area contributed by atoms with Crippen LogP contribution < -0.4 is 19.9 Å². The summed E-state index contributed by atoms with van der Waals surface area (Å²) < 4.78 is 16.6. The average Bonchev–Trinajstić information content (AvgIpc) is 2.54. The molecule has 2 aromatic carbocycles. The third kappa shape index (κ3) is 3.89. The first kappa shape index (κ1) is 15.2. The Bertz CT molecular complexity index is 571. The van der Waals surface area contributed by atoms with E-state index in [1.165, 1.54) is 0 Å². The molecule has 0 aliphatic carbocycles. The zero-order valence-corrected chi connectivity index (χ0v) is 12.4. The van der Waals surface area contributed by atoms with Crippen LogP contribution in [0.2, 0.25) is 0 Å². The predicted molar refractivity (Wildman–Crippen MR) is 83.0 cm³/mol. The van der Waals surface area contributed by atoms with Crippen LogP contribution in [0.3, 0.4) is 0 Å². The van der Waals surface area contributed by atoms with Crippen LogP contribution in [0.15, 0.2) is 48.5 Å². The summed E-state index contributed by atoms with van der Waals surface area (Å²) in [7, 11) is 1.64. The molecule has 1 atom stereocenters. The molecule has 0 bridgehead atoms. The Labute approximate surface area is 125 Å². The summed E-state index contributed by atoms with van der Waals surface area (Å²) in [5.41, 5.74) is 7.12. The number of methoxy groups -OCH3 is 1. The Morgan fingerprint density at radius 2 is 1.48 bits per heavy atom. The van der Waals surface area contributed by atoms with E-state index in [-0.39, 0.29) is 6.04 Å². The molecule has 4 heteroatoms. The molecule has 0 radical (unpaired) electrons. The van der Waals surface area contributed by atoms with Gasteiger partial charge in [-0.1, -0.05) is 30.3 Å². The maximum atomic E-state index is 6.20. The number of para-hydroxylation sites is 3. The molecule has 0 spiro atoms. The van der Waals surface area contributed by atoms with Gasteiger partial charge in [-0.15, -0.1) is 0 Å². The number of hydrogen-bond acceptors (Lipinski definition) is 4. The molecule has 2 rings (SSSR count). The third-order valence-corrected chi connectivity index (χ3v) is 3.11. The fourth-order valence-corrected chi connectivity index (χ4v) is 2.09. The highest BCUT2D eigenvalue weighted by Crippen LogP contribution is 2.28. The van der Waals surface area contributed by atoms with E-state index in [9.17, 15) is 0 Å².